The number of nitrogens with one attached hydrogen (secondary N) is 1. The van der Waals surface area contributed by atoms with Gasteiger partial charge in [0.05, 0.1) is 45.2 Å². The van der Waals surface area contributed by atoms with Crippen LogP contribution in [0.25, 0.3) is 0 Å². The summed E-state index contributed by atoms with van der Waals surface area (Å²) in [6.45, 7) is 19.0. The first-order chi connectivity index (χ1) is 28.4. The number of unbranched alkanes of at least 4 members (excludes halogenated alkanes) is 10. The highest BCUT2D eigenvalue weighted by atomic mass is 16.5. The van der Waals surface area contributed by atoms with Gasteiger partial charge in [-0.1, -0.05) is 84.6 Å². The van der Waals surface area contributed by atoms with Crippen LogP contribution in [0.3, 0.4) is 0 Å². The number of piperidine rings is 2. The molecule has 0 amide bonds. The highest BCUT2D eigenvalue weighted by Gasteiger charge is 2.21. The Balaban J connectivity index is 0.000000352. The smallest absolute Gasteiger partial charge is 0.330 e. The monoisotopic (exact) mass is 809 g/mol. The minimum atomic E-state index is -0.359. The quantitative estimate of drug-likeness (QED) is 0.0560. The van der Waals surface area contributed by atoms with Crippen LogP contribution in [0.5, 0.6) is 11.5 Å². The molecule has 0 spiro atoms. The number of nitrogens with zero attached hydrogens (tertiary/aromatic N) is 3. The van der Waals surface area contributed by atoms with Gasteiger partial charge < -0.3 is 29.2 Å². The van der Waals surface area contributed by atoms with Crippen molar-refractivity contribution in [2.45, 2.75) is 150 Å². The van der Waals surface area contributed by atoms with Gasteiger partial charge in [-0.15, -0.1) is 0 Å². The summed E-state index contributed by atoms with van der Waals surface area (Å²) in [6.07, 6.45) is 28.0. The Morgan fingerprint density at radius 1 is 0.741 bits per heavy atom. The fourth-order valence-electron chi connectivity index (χ4n) is 7.27. The first-order valence-electron chi connectivity index (χ1n) is 22.9. The molecule has 2 saturated heterocycles. The molecule has 58 heavy (non-hydrogen) atoms. The summed E-state index contributed by atoms with van der Waals surface area (Å²) in [5.41, 5.74) is 2.33. The van der Waals surface area contributed by atoms with Crippen molar-refractivity contribution in [2.24, 2.45) is 11.8 Å². The number of esters is 2. The molecule has 2 atom stereocenters. The van der Waals surface area contributed by atoms with Crippen LogP contribution in [0, 0.1) is 11.8 Å². The average Bonchev–Trinajstić information content (AvgIpc) is 3.24. The number of carbonyl (C=O) groups is 2. The topological polar surface area (TPSA) is 112 Å². The van der Waals surface area contributed by atoms with Crippen LogP contribution >= 0.6 is 0 Å². The van der Waals surface area contributed by atoms with E-state index in [1.165, 1.54) is 102 Å². The van der Waals surface area contributed by atoms with E-state index in [4.69, 9.17) is 14.2 Å². The molecular weight excluding hydrogens is 729 g/mol. The second-order valence-electron chi connectivity index (χ2n) is 15.6. The van der Waals surface area contributed by atoms with Crippen LogP contribution < -0.4 is 14.8 Å². The Morgan fingerprint density at radius 3 is 1.78 bits per heavy atom. The highest BCUT2D eigenvalue weighted by molar-refractivity contribution is 5.81. The molecule has 1 N–H and O–H groups in total. The minimum absolute atomic E-state index is 0.0900. The number of ether oxygens (including phenoxy) is 4. The summed E-state index contributed by atoms with van der Waals surface area (Å²) in [6, 6.07) is 8.37. The van der Waals surface area contributed by atoms with Crippen molar-refractivity contribution in [3.63, 3.8) is 0 Å². The normalized spacial score (nSPS) is 16.5. The first-order valence-corrected chi connectivity index (χ1v) is 22.9. The van der Waals surface area contributed by atoms with Crippen molar-refractivity contribution in [2.75, 3.05) is 59.2 Å². The number of hydrogen-bond donors (Lipinski definition) is 1. The van der Waals surface area contributed by atoms with Crippen LogP contribution in [-0.4, -0.2) is 86.0 Å². The predicted octanol–water partition coefficient (Wildman–Crippen LogP) is 10.1. The van der Waals surface area contributed by atoms with E-state index in [2.05, 4.69) is 69.6 Å². The molecule has 2 aliphatic rings. The lowest BCUT2D eigenvalue weighted by molar-refractivity contribution is -0.143. The molecule has 328 valence electrons. The van der Waals surface area contributed by atoms with Gasteiger partial charge in [0.1, 0.15) is 11.5 Å². The van der Waals surface area contributed by atoms with E-state index in [0.29, 0.717) is 25.6 Å². The zero-order valence-corrected chi connectivity index (χ0v) is 37.0. The molecule has 4 rings (SSSR count). The Labute approximate surface area is 352 Å². The molecule has 2 aromatic heterocycles. The summed E-state index contributed by atoms with van der Waals surface area (Å²) in [5, 5.41) is 3.47. The molecule has 2 aliphatic heterocycles. The Morgan fingerprint density at radius 2 is 1.29 bits per heavy atom. The van der Waals surface area contributed by atoms with Crippen LogP contribution in [0.4, 0.5) is 0 Å². The molecule has 0 saturated carbocycles. The van der Waals surface area contributed by atoms with E-state index >= 15 is 0 Å². The molecule has 0 bridgehead atoms. The molecule has 10 heteroatoms. The fraction of sp³-hybridized carbons (Fsp3) is 0.708. The molecule has 2 aromatic rings. The molecule has 10 nitrogen and oxygen atoms in total. The second-order valence-corrected chi connectivity index (χ2v) is 15.6. The number of hydrogen-bond acceptors (Lipinski definition) is 10. The SMILES string of the molecule is C=CC(=O)OCC.CCCCCCCCOc1ccc(CC2CCCN(CCC(=O)OCC)C2)nc1.CCCCCCCCOc1ccc(CC2CCCNC2)nc1. The summed E-state index contributed by atoms with van der Waals surface area (Å²) in [5.74, 6) is 2.70. The third-order valence-electron chi connectivity index (χ3n) is 10.5. The molecular formula is C48H80N4O6. The molecule has 0 aromatic carbocycles. The lowest BCUT2D eigenvalue weighted by atomic mass is 9.93. The van der Waals surface area contributed by atoms with Gasteiger partial charge in [0.15, 0.2) is 0 Å². The highest BCUT2D eigenvalue weighted by Crippen LogP contribution is 2.22. The number of likely N-dealkylation sites (tertiary alicyclic amines) is 1. The van der Waals surface area contributed by atoms with Gasteiger partial charge in [0.25, 0.3) is 0 Å². The fourth-order valence-corrected chi connectivity index (χ4v) is 7.27. The van der Waals surface area contributed by atoms with E-state index < -0.39 is 0 Å². The third-order valence-corrected chi connectivity index (χ3v) is 10.5. The maximum absolute atomic E-state index is 11.6. The summed E-state index contributed by atoms with van der Waals surface area (Å²) in [7, 11) is 0. The van der Waals surface area contributed by atoms with Crippen LogP contribution in [0.2, 0.25) is 0 Å². The molecule has 2 fully saturated rings. The maximum Gasteiger partial charge on any atom is 0.330 e. The van der Waals surface area contributed by atoms with E-state index in [9.17, 15) is 9.59 Å². The van der Waals surface area contributed by atoms with Gasteiger partial charge in [-0.25, -0.2) is 4.79 Å². The van der Waals surface area contributed by atoms with Gasteiger partial charge in [0, 0.05) is 30.6 Å². The van der Waals surface area contributed by atoms with Gasteiger partial charge in [-0.2, -0.15) is 0 Å². The van der Waals surface area contributed by atoms with Crippen LogP contribution in [0.1, 0.15) is 148 Å². The van der Waals surface area contributed by atoms with E-state index in [1.54, 1.807) is 6.92 Å². The summed E-state index contributed by atoms with van der Waals surface area (Å²) < 4.78 is 21.1. The Bertz CT molecular complexity index is 1300. The van der Waals surface area contributed by atoms with E-state index in [0.717, 1.165) is 94.3 Å². The molecule has 0 radical (unpaired) electrons. The zero-order chi connectivity index (χ0) is 41.9. The lowest BCUT2D eigenvalue weighted by Gasteiger charge is -2.32. The summed E-state index contributed by atoms with van der Waals surface area (Å²) >= 11 is 0. The van der Waals surface area contributed by atoms with Gasteiger partial charge in [-0.3, -0.25) is 14.8 Å². The van der Waals surface area contributed by atoms with Gasteiger partial charge in [0.2, 0.25) is 0 Å². The number of carbonyl (C=O) groups excluding carboxylic acids is 2. The largest absolute Gasteiger partial charge is 0.492 e. The number of rotatable bonds is 26. The number of pyridine rings is 2. The maximum atomic E-state index is 11.6. The molecule has 0 aliphatic carbocycles. The second kappa shape index (κ2) is 34.4. The van der Waals surface area contributed by atoms with Crippen molar-refractivity contribution in [3.8, 4) is 11.5 Å². The zero-order valence-electron chi connectivity index (χ0n) is 37.0. The van der Waals surface area contributed by atoms with Gasteiger partial charge in [-0.05, 0) is 121 Å². The standard InChI is InChI=1S/C24H40N2O3.C19H32N2O.C5H8O2/c1-3-5-6-7-8-9-17-29-23-13-12-22(25-19-23)18-21-11-10-15-26(20-21)16-14-24(27)28-4-2;1-2-3-4-5-6-7-13-22-19-11-10-18(21-16-19)14-17-9-8-12-20-15-17;1-3-5(6)7-4-2/h12-13,19,21H,3-11,14-18,20H2,1-2H3;10-11,16-17,20H,2-9,12-15H2,1H3;3H,1,4H2,2H3. The van der Waals surface area contributed by atoms with E-state index in [-0.39, 0.29) is 11.9 Å². The average molecular weight is 809 g/mol. The van der Waals surface area contributed by atoms with Crippen molar-refractivity contribution >= 4 is 11.9 Å². The number of aromatic nitrogens is 2. The lowest BCUT2D eigenvalue weighted by Crippen LogP contribution is -2.37. The van der Waals surface area contributed by atoms with Crippen LogP contribution in [0.15, 0.2) is 49.3 Å². The van der Waals surface area contributed by atoms with Crippen molar-refractivity contribution in [1.29, 1.82) is 0 Å². The molecule has 4 heterocycles. The summed E-state index contributed by atoms with van der Waals surface area (Å²) in [4.78, 5) is 33.2. The third kappa shape index (κ3) is 25.8. The van der Waals surface area contributed by atoms with Crippen molar-refractivity contribution in [3.05, 3.63) is 60.7 Å². The predicted molar refractivity (Wildman–Crippen MR) is 236 cm³/mol. The Hall–Kier alpha value is -3.50. The van der Waals surface area contributed by atoms with Crippen molar-refractivity contribution < 1.29 is 28.5 Å². The van der Waals surface area contributed by atoms with Crippen molar-refractivity contribution in [1.82, 2.24) is 20.2 Å². The molecule has 2 unspecified atom stereocenters. The van der Waals surface area contributed by atoms with E-state index in [1.807, 2.05) is 19.3 Å². The van der Waals surface area contributed by atoms with Gasteiger partial charge >= 0.3 is 11.9 Å². The Kier molecular flexibility index (Phi) is 30.0. The van der Waals surface area contributed by atoms with Crippen LogP contribution in [-0.2, 0) is 31.9 Å². The first kappa shape index (κ1) is 50.6. The minimum Gasteiger partial charge on any atom is -0.492 e.